The molecule has 1 atom stereocenters. The van der Waals surface area contributed by atoms with Crippen LogP contribution in [0.15, 0.2) is 6.07 Å². The van der Waals surface area contributed by atoms with Crippen LogP contribution in [0, 0.1) is 6.92 Å². The highest BCUT2D eigenvalue weighted by atomic mass is 19.4. The van der Waals surface area contributed by atoms with Crippen molar-refractivity contribution in [3.63, 3.8) is 0 Å². The number of nitrogens with zero attached hydrogens (tertiary/aromatic N) is 2. The van der Waals surface area contributed by atoms with Crippen LogP contribution in [0.25, 0.3) is 0 Å². The zero-order chi connectivity index (χ0) is 14.1. The fourth-order valence-electron chi connectivity index (χ4n) is 1.44. The second-order valence-corrected chi connectivity index (χ2v) is 3.61. The van der Waals surface area contributed by atoms with Crippen LogP contribution in [-0.4, -0.2) is 27.0 Å². The smallest absolute Gasteiger partial charge is 0.411 e. The van der Waals surface area contributed by atoms with Crippen LogP contribution in [0.3, 0.4) is 0 Å². The van der Waals surface area contributed by atoms with Crippen molar-refractivity contribution < 1.29 is 31.9 Å². The minimum Gasteiger partial charge on any atom is -0.481 e. The van der Waals surface area contributed by atoms with Gasteiger partial charge in [-0.1, -0.05) is 0 Å². The van der Waals surface area contributed by atoms with Gasteiger partial charge < -0.3 is 5.11 Å². The van der Waals surface area contributed by atoms with Crippen molar-refractivity contribution in [3.8, 4) is 0 Å². The standard InChI is InChI=1S/C9H9F5N2O2/c1-4-2-5(8(10)11)15-16(4)6(3-7(17)18)9(12,13)14/h2,6,8H,3H2,1H3,(H,17,18). The molecule has 1 unspecified atom stereocenters. The van der Waals surface area contributed by atoms with Crippen molar-refractivity contribution in [1.29, 1.82) is 0 Å². The van der Waals surface area contributed by atoms with Gasteiger partial charge in [-0.25, -0.2) is 8.78 Å². The molecule has 1 heterocycles. The number of hydrogen-bond donors (Lipinski definition) is 1. The first-order chi connectivity index (χ1) is 8.12. The van der Waals surface area contributed by atoms with Crippen LogP contribution in [0.1, 0.15) is 30.3 Å². The fourth-order valence-corrected chi connectivity index (χ4v) is 1.44. The molecule has 0 aliphatic rings. The predicted molar refractivity (Wildman–Crippen MR) is 49.3 cm³/mol. The van der Waals surface area contributed by atoms with Crippen molar-refractivity contribution in [2.75, 3.05) is 0 Å². The van der Waals surface area contributed by atoms with E-state index in [9.17, 15) is 26.7 Å². The Labute approximate surface area is 98.0 Å². The van der Waals surface area contributed by atoms with Crippen molar-refractivity contribution >= 4 is 5.97 Å². The number of aromatic nitrogens is 2. The lowest BCUT2D eigenvalue weighted by Gasteiger charge is -2.20. The summed E-state index contributed by atoms with van der Waals surface area (Å²) in [7, 11) is 0. The first-order valence-corrected chi connectivity index (χ1v) is 4.75. The summed E-state index contributed by atoms with van der Waals surface area (Å²) >= 11 is 0. The van der Waals surface area contributed by atoms with E-state index in [0.29, 0.717) is 0 Å². The fraction of sp³-hybridized carbons (Fsp3) is 0.556. The van der Waals surface area contributed by atoms with E-state index >= 15 is 0 Å². The largest absolute Gasteiger partial charge is 0.481 e. The Balaban J connectivity index is 3.17. The molecule has 1 aromatic heterocycles. The summed E-state index contributed by atoms with van der Waals surface area (Å²) in [5, 5.41) is 11.5. The van der Waals surface area contributed by atoms with Crippen LogP contribution in [0.4, 0.5) is 22.0 Å². The minimum absolute atomic E-state index is 0.172. The lowest BCUT2D eigenvalue weighted by atomic mass is 10.2. The number of aliphatic carboxylic acids is 1. The third kappa shape index (κ3) is 3.17. The first kappa shape index (κ1) is 14.4. The molecule has 0 saturated carbocycles. The quantitative estimate of drug-likeness (QED) is 0.857. The van der Waals surface area contributed by atoms with E-state index in [2.05, 4.69) is 5.10 Å². The molecule has 0 radical (unpaired) electrons. The number of hydrogen-bond acceptors (Lipinski definition) is 2. The van der Waals surface area contributed by atoms with Crippen LogP contribution in [0.2, 0.25) is 0 Å². The summed E-state index contributed by atoms with van der Waals surface area (Å²) in [5.74, 6) is -1.69. The third-order valence-corrected chi connectivity index (χ3v) is 2.21. The van der Waals surface area contributed by atoms with Crippen molar-refractivity contribution in [2.45, 2.75) is 32.0 Å². The topological polar surface area (TPSA) is 55.1 Å². The van der Waals surface area contributed by atoms with Crippen molar-refractivity contribution in [1.82, 2.24) is 9.78 Å². The highest BCUT2D eigenvalue weighted by Crippen LogP contribution is 2.34. The molecule has 0 saturated heterocycles. The van der Waals surface area contributed by atoms with Gasteiger partial charge in [-0.3, -0.25) is 9.48 Å². The molecular weight excluding hydrogens is 263 g/mol. The van der Waals surface area contributed by atoms with Gasteiger partial charge in [0.05, 0.1) is 6.42 Å². The summed E-state index contributed by atoms with van der Waals surface area (Å²) < 4.78 is 62.8. The van der Waals surface area contributed by atoms with E-state index in [0.717, 1.165) is 13.0 Å². The van der Waals surface area contributed by atoms with Gasteiger partial charge >= 0.3 is 12.1 Å². The highest BCUT2D eigenvalue weighted by molar-refractivity contribution is 5.67. The Morgan fingerprint density at radius 3 is 2.39 bits per heavy atom. The highest BCUT2D eigenvalue weighted by Gasteiger charge is 2.44. The van der Waals surface area contributed by atoms with E-state index < -0.39 is 36.7 Å². The van der Waals surface area contributed by atoms with Gasteiger partial charge in [0.2, 0.25) is 0 Å². The molecule has 1 N–H and O–H groups in total. The summed E-state index contributed by atoms with van der Waals surface area (Å²) in [6.45, 7) is 1.15. The lowest BCUT2D eigenvalue weighted by Crippen LogP contribution is -2.30. The van der Waals surface area contributed by atoms with Gasteiger partial charge in [-0.15, -0.1) is 0 Å². The predicted octanol–water partition coefficient (Wildman–Crippen LogP) is 2.71. The van der Waals surface area contributed by atoms with Gasteiger partial charge in [-0.2, -0.15) is 18.3 Å². The first-order valence-electron chi connectivity index (χ1n) is 4.75. The number of carbonyl (C=O) groups is 1. The zero-order valence-corrected chi connectivity index (χ0v) is 9.08. The molecule has 0 aliphatic heterocycles. The summed E-state index contributed by atoms with van der Waals surface area (Å²) in [5.41, 5.74) is -0.985. The van der Waals surface area contributed by atoms with Gasteiger partial charge in [0.25, 0.3) is 6.43 Å². The van der Waals surface area contributed by atoms with Gasteiger partial charge in [0.1, 0.15) is 5.69 Å². The van der Waals surface area contributed by atoms with E-state index in [4.69, 9.17) is 5.11 Å². The van der Waals surface area contributed by atoms with Crippen LogP contribution in [0.5, 0.6) is 0 Å². The Bertz CT molecular complexity index is 441. The number of halogens is 5. The number of carboxylic acid groups (broad SMARTS) is 1. The van der Waals surface area contributed by atoms with Crippen LogP contribution >= 0.6 is 0 Å². The number of alkyl halides is 5. The second-order valence-electron chi connectivity index (χ2n) is 3.61. The summed E-state index contributed by atoms with van der Waals surface area (Å²) in [4.78, 5) is 10.4. The molecule has 1 aromatic rings. The van der Waals surface area contributed by atoms with E-state index in [-0.39, 0.29) is 10.4 Å². The molecule has 0 bridgehead atoms. The Morgan fingerprint density at radius 1 is 1.50 bits per heavy atom. The molecule has 0 aliphatic carbocycles. The molecule has 1 rings (SSSR count). The molecular formula is C9H9F5N2O2. The van der Waals surface area contributed by atoms with Gasteiger partial charge in [-0.05, 0) is 13.0 Å². The molecule has 4 nitrogen and oxygen atoms in total. The maximum atomic E-state index is 12.6. The minimum atomic E-state index is -4.88. The molecule has 0 amide bonds. The summed E-state index contributed by atoms with van der Waals surface area (Å²) in [6, 6.07) is -1.66. The molecule has 18 heavy (non-hydrogen) atoms. The molecule has 9 heteroatoms. The van der Waals surface area contributed by atoms with Crippen LogP contribution < -0.4 is 0 Å². The van der Waals surface area contributed by atoms with Crippen LogP contribution in [-0.2, 0) is 4.79 Å². The SMILES string of the molecule is Cc1cc(C(F)F)nn1C(CC(=O)O)C(F)(F)F. The molecule has 0 spiro atoms. The van der Waals surface area contributed by atoms with Gasteiger partial charge in [0.15, 0.2) is 6.04 Å². The Hall–Kier alpha value is -1.67. The number of rotatable bonds is 4. The zero-order valence-electron chi connectivity index (χ0n) is 9.08. The average molecular weight is 272 g/mol. The lowest BCUT2D eigenvalue weighted by molar-refractivity contribution is -0.179. The maximum absolute atomic E-state index is 12.6. The second kappa shape index (κ2) is 4.91. The third-order valence-electron chi connectivity index (χ3n) is 2.21. The molecule has 0 aromatic carbocycles. The Kier molecular flexibility index (Phi) is 3.92. The number of carboxylic acids is 1. The normalized spacial score (nSPS) is 13.9. The van der Waals surface area contributed by atoms with E-state index in [1.54, 1.807) is 0 Å². The Morgan fingerprint density at radius 2 is 2.06 bits per heavy atom. The average Bonchev–Trinajstić information content (AvgIpc) is 2.55. The van der Waals surface area contributed by atoms with E-state index in [1.165, 1.54) is 0 Å². The van der Waals surface area contributed by atoms with Crippen molar-refractivity contribution in [3.05, 3.63) is 17.5 Å². The van der Waals surface area contributed by atoms with Gasteiger partial charge in [0, 0.05) is 5.69 Å². The molecule has 0 fully saturated rings. The number of aryl methyl sites for hydroxylation is 1. The maximum Gasteiger partial charge on any atom is 0.411 e. The van der Waals surface area contributed by atoms with E-state index in [1.807, 2.05) is 0 Å². The van der Waals surface area contributed by atoms with Crippen molar-refractivity contribution in [2.24, 2.45) is 0 Å². The molecule has 102 valence electrons. The monoisotopic (exact) mass is 272 g/mol. The summed E-state index contributed by atoms with van der Waals surface area (Å²) in [6.07, 6.45) is -9.16.